The van der Waals surface area contributed by atoms with Crippen LogP contribution in [0.4, 0.5) is 0 Å². The van der Waals surface area contributed by atoms with Gasteiger partial charge in [0, 0.05) is 0 Å². The summed E-state index contributed by atoms with van der Waals surface area (Å²) in [4.78, 5) is 0. The first-order valence-electron chi connectivity index (χ1n) is 4.33. The van der Waals surface area contributed by atoms with E-state index in [0.29, 0.717) is 0 Å². The van der Waals surface area contributed by atoms with Gasteiger partial charge in [-0.3, -0.25) is 0 Å². The molecule has 1 rings (SSSR count). The van der Waals surface area contributed by atoms with Crippen molar-refractivity contribution < 1.29 is 0 Å². The lowest BCUT2D eigenvalue weighted by molar-refractivity contribution is 0.474. The van der Waals surface area contributed by atoms with Crippen LogP contribution in [0.1, 0.15) is 33.1 Å². The fourth-order valence-electron chi connectivity index (χ4n) is 1.56. The van der Waals surface area contributed by atoms with Crippen LogP contribution in [-0.2, 0) is 0 Å². The Balaban J connectivity index is 2.13. The van der Waals surface area contributed by atoms with Crippen LogP contribution >= 0.6 is 0 Å². The van der Waals surface area contributed by atoms with Gasteiger partial charge < -0.3 is 5.32 Å². The quantitative estimate of drug-likeness (QED) is 0.618. The Morgan fingerprint density at radius 1 is 1.30 bits per heavy atom. The second kappa shape index (κ2) is 3.97. The average Bonchev–Trinajstić information content (AvgIpc) is 1.88. The van der Waals surface area contributed by atoms with Gasteiger partial charge in [-0.1, -0.05) is 13.8 Å². The molecule has 1 heterocycles. The van der Waals surface area contributed by atoms with E-state index in [-0.39, 0.29) is 0 Å². The Morgan fingerprint density at radius 3 is 2.40 bits per heavy atom. The topological polar surface area (TPSA) is 12.0 Å². The second-order valence-corrected chi connectivity index (χ2v) is 3.60. The van der Waals surface area contributed by atoms with Crippen LogP contribution < -0.4 is 5.32 Å². The molecule has 10 heavy (non-hydrogen) atoms. The predicted octanol–water partition coefficient (Wildman–Crippen LogP) is 1.99. The van der Waals surface area contributed by atoms with Crippen LogP contribution in [0.25, 0.3) is 0 Å². The third-order valence-electron chi connectivity index (χ3n) is 2.01. The summed E-state index contributed by atoms with van der Waals surface area (Å²) < 4.78 is 0. The summed E-state index contributed by atoms with van der Waals surface area (Å²) in [5, 5.41) is 3.37. The van der Waals surface area contributed by atoms with Crippen LogP contribution in [0.2, 0.25) is 0 Å². The number of piperidine rings is 1. The summed E-state index contributed by atoms with van der Waals surface area (Å²) in [7, 11) is 0. The fraction of sp³-hybridized carbons (Fsp3) is 0.889. The van der Waals surface area contributed by atoms with Gasteiger partial charge in [0.15, 0.2) is 0 Å². The molecule has 1 aliphatic rings. The smallest absolute Gasteiger partial charge is 0.00434 e. The Bertz CT molecular complexity index is 82.7. The van der Waals surface area contributed by atoms with E-state index in [1.807, 2.05) is 0 Å². The highest BCUT2D eigenvalue weighted by Crippen LogP contribution is 2.22. The molecule has 0 aliphatic carbocycles. The van der Waals surface area contributed by atoms with Gasteiger partial charge in [0.05, 0.1) is 0 Å². The maximum Gasteiger partial charge on any atom is -0.00434 e. The van der Waals surface area contributed by atoms with Crippen molar-refractivity contribution in [3.05, 3.63) is 5.92 Å². The predicted molar refractivity (Wildman–Crippen MR) is 44.8 cm³/mol. The first-order valence-corrected chi connectivity index (χ1v) is 4.33. The van der Waals surface area contributed by atoms with E-state index in [4.69, 9.17) is 0 Å². The Morgan fingerprint density at radius 2 is 1.90 bits per heavy atom. The Kier molecular flexibility index (Phi) is 3.20. The zero-order valence-electron chi connectivity index (χ0n) is 7.11. The zero-order valence-corrected chi connectivity index (χ0v) is 7.11. The maximum atomic E-state index is 3.37. The third kappa shape index (κ3) is 2.70. The van der Waals surface area contributed by atoms with Crippen LogP contribution in [0.3, 0.4) is 0 Å². The standard InChI is InChI=1S/C9H18N/c1-8(2)7-9-3-5-10-6-4-9/h8,10H,3-7H2,1-2H3. The van der Waals surface area contributed by atoms with Crippen molar-refractivity contribution in [1.29, 1.82) is 0 Å². The molecule has 1 aliphatic heterocycles. The lowest BCUT2D eigenvalue weighted by atomic mass is 9.89. The molecule has 0 aromatic heterocycles. The minimum Gasteiger partial charge on any atom is -0.317 e. The van der Waals surface area contributed by atoms with E-state index in [0.717, 1.165) is 5.92 Å². The number of hydrogen-bond acceptors (Lipinski definition) is 1. The Labute approximate surface area is 64.2 Å². The summed E-state index contributed by atoms with van der Waals surface area (Å²) in [6, 6.07) is 0. The molecule has 0 atom stereocenters. The van der Waals surface area contributed by atoms with Crippen molar-refractivity contribution >= 4 is 0 Å². The molecule has 1 heteroatoms. The van der Waals surface area contributed by atoms with Crippen molar-refractivity contribution in [1.82, 2.24) is 5.32 Å². The second-order valence-electron chi connectivity index (χ2n) is 3.60. The lowest BCUT2D eigenvalue weighted by Gasteiger charge is -2.23. The molecule has 1 radical (unpaired) electrons. The van der Waals surface area contributed by atoms with Crippen LogP contribution in [0.5, 0.6) is 0 Å². The molecular weight excluding hydrogens is 122 g/mol. The molecule has 59 valence electrons. The summed E-state index contributed by atoms with van der Waals surface area (Å²) >= 11 is 0. The first-order chi connectivity index (χ1) is 4.79. The maximum absolute atomic E-state index is 3.37. The third-order valence-corrected chi connectivity index (χ3v) is 2.01. The summed E-state index contributed by atoms with van der Waals surface area (Å²) in [5.41, 5.74) is 0. The van der Waals surface area contributed by atoms with Gasteiger partial charge in [-0.2, -0.15) is 0 Å². The van der Waals surface area contributed by atoms with E-state index in [1.165, 1.54) is 32.4 Å². The fourth-order valence-corrected chi connectivity index (χ4v) is 1.56. The molecule has 1 nitrogen and oxygen atoms in total. The van der Waals surface area contributed by atoms with E-state index in [2.05, 4.69) is 19.2 Å². The zero-order chi connectivity index (χ0) is 7.40. The number of nitrogens with one attached hydrogen (secondary N) is 1. The normalized spacial score (nSPS) is 21.9. The summed E-state index contributed by atoms with van der Waals surface area (Å²) in [6.07, 6.45) is 3.98. The van der Waals surface area contributed by atoms with Crippen molar-refractivity contribution in [3.63, 3.8) is 0 Å². The van der Waals surface area contributed by atoms with Gasteiger partial charge in [-0.15, -0.1) is 0 Å². The highest BCUT2D eigenvalue weighted by atomic mass is 14.9. The molecule has 0 aromatic carbocycles. The highest BCUT2D eigenvalue weighted by Gasteiger charge is 2.13. The summed E-state index contributed by atoms with van der Waals surface area (Å²) in [6.45, 7) is 7.02. The summed E-state index contributed by atoms with van der Waals surface area (Å²) in [5.74, 6) is 2.63. The van der Waals surface area contributed by atoms with E-state index in [1.54, 1.807) is 5.92 Å². The van der Waals surface area contributed by atoms with Crippen LogP contribution in [0.15, 0.2) is 0 Å². The Hall–Kier alpha value is -0.0400. The van der Waals surface area contributed by atoms with Crippen LogP contribution in [0, 0.1) is 11.8 Å². The minimum absolute atomic E-state index is 0.855. The minimum atomic E-state index is 0.855. The van der Waals surface area contributed by atoms with Crippen LogP contribution in [-0.4, -0.2) is 13.1 Å². The van der Waals surface area contributed by atoms with Crippen molar-refractivity contribution in [2.45, 2.75) is 33.1 Å². The van der Waals surface area contributed by atoms with Gasteiger partial charge in [-0.25, -0.2) is 0 Å². The van der Waals surface area contributed by atoms with E-state index < -0.39 is 0 Å². The molecule has 0 spiro atoms. The SMILES string of the molecule is CC(C)C[C]1CCNCC1. The van der Waals surface area contributed by atoms with E-state index >= 15 is 0 Å². The largest absolute Gasteiger partial charge is 0.317 e. The van der Waals surface area contributed by atoms with Gasteiger partial charge in [0.1, 0.15) is 0 Å². The molecule has 0 saturated carbocycles. The molecule has 0 bridgehead atoms. The molecular formula is C9H18N. The molecule has 0 amide bonds. The molecule has 1 saturated heterocycles. The molecule has 0 unspecified atom stereocenters. The van der Waals surface area contributed by atoms with Crippen molar-refractivity contribution in [3.8, 4) is 0 Å². The highest BCUT2D eigenvalue weighted by molar-refractivity contribution is 4.94. The number of hydrogen-bond donors (Lipinski definition) is 1. The first kappa shape index (κ1) is 8.06. The average molecular weight is 140 g/mol. The van der Waals surface area contributed by atoms with E-state index in [9.17, 15) is 0 Å². The number of rotatable bonds is 2. The monoisotopic (exact) mass is 140 g/mol. The molecule has 1 N–H and O–H groups in total. The van der Waals surface area contributed by atoms with Gasteiger partial charge in [0.25, 0.3) is 0 Å². The molecule has 1 fully saturated rings. The van der Waals surface area contributed by atoms with Gasteiger partial charge in [-0.05, 0) is 44.2 Å². The van der Waals surface area contributed by atoms with Gasteiger partial charge in [0.2, 0.25) is 0 Å². The molecule has 0 aromatic rings. The lowest BCUT2D eigenvalue weighted by Crippen LogP contribution is -2.27. The van der Waals surface area contributed by atoms with Crippen molar-refractivity contribution in [2.24, 2.45) is 5.92 Å². The van der Waals surface area contributed by atoms with Gasteiger partial charge >= 0.3 is 0 Å². The van der Waals surface area contributed by atoms with Crippen molar-refractivity contribution in [2.75, 3.05) is 13.1 Å².